The van der Waals surface area contributed by atoms with Gasteiger partial charge in [0, 0.05) is 27.9 Å². The molecule has 0 aliphatic rings. The van der Waals surface area contributed by atoms with Crippen molar-refractivity contribution in [2.75, 3.05) is 14.2 Å². The summed E-state index contributed by atoms with van der Waals surface area (Å²) in [5.74, 6) is 2.85. The third-order valence-electron chi connectivity index (χ3n) is 6.27. The topological polar surface area (TPSA) is 77.0 Å². The van der Waals surface area contributed by atoms with Gasteiger partial charge >= 0.3 is 0 Å². The zero-order valence-electron chi connectivity index (χ0n) is 21.9. The van der Waals surface area contributed by atoms with Gasteiger partial charge in [-0.15, -0.1) is 0 Å². The maximum Gasteiger partial charge on any atom is 0.238 e. The number of halogens is 1. The Kier molecular flexibility index (Phi) is 8.15. The second kappa shape index (κ2) is 12.2. The third-order valence-corrected chi connectivity index (χ3v) is 6.64. The summed E-state index contributed by atoms with van der Waals surface area (Å²) < 4.78 is 22.8. The summed E-state index contributed by atoms with van der Waals surface area (Å²) in [7, 11) is 3.22. The molecule has 0 N–H and O–H groups in total. The molecule has 0 unspecified atom stereocenters. The second-order valence-electron chi connectivity index (χ2n) is 8.77. The monoisotopic (exact) mass is 548 g/mol. The van der Waals surface area contributed by atoms with E-state index in [0.717, 1.165) is 28.0 Å². The average molecular weight is 549 g/mol. The van der Waals surface area contributed by atoms with Crippen LogP contribution in [0.15, 0.2) is 106 Å². The highest BCUT2D eigenvalue weighted by Crippen LogP contribution is 2.43. The molecule has 198 valence electrons. The number of hydrogen-bond acceptors (Lipinski definition) is 6. The smallest absolute Gasteiger partial charge is 0.238 e. The molecule has 1 heterocycles. The minimum absolute atomic E-state index is 0.210. The predicted molar refractivity (Wildman–Crippen MR) is 157 cm³/mol. The van der Waals surface area contributed by atoms with Crippen LogP contribution in [0.2, 0.25) is 5.02 Å². The number of rotatable bonds is 9. The van der Waals surface area contributed by atoms with E-state index in [1.165, 1.54) is 0 Å². The van der Waals surface area contributed by atoms with Crippen molar-refractivity contribution in [3.8, 4) is 45.8 Å². The van der Waals surface area contributed by atoms with E-state index < -0.39 is 0 Å². The molecular formula is C33H25ClN2O4. The van der Waals surface area contributed by atoms with Gasteiger partial charge in [-0.1, -0.05) is 54.1 Å². The number of ether oxygens (including phenoxy) is 3. The molecule has 0 aliphatic carbocycles. The van der Waals surface area contributed by atoms with Crippen molar-refractivity contribution < 1.29 is 18.6 Å². The molecule has 0 atom stereocenters. The van der Waals surface area contributed by atoms with Crippen LogP contribution in [0.4, 0.5) is 5.88 Å². The maximum atomic E-state index is 10.2. The highest BCUT2D eigenvalue weighted by atomic mass is 35.5. The highest BCUT2D eigenvalue weighted by Gasteiger charge is 2.23. The number of nitriles is 1. The first-order valence-corrected chi connectivity index (χ1v) is 12.8. The lowest BCUT2D eigenvalue weighted by Crippen LogP contribution is -1.96. The SMILES string of the molecule is COc1ccc(-c2oc(/N=C/c3cccc(OCc4ccccc4Cl)c3)c(C#N)c2-c2ccc(OC)cc2)cc1. The Hall–Kier alpha value is -4.99. The molecule has 0 amide bonds. The van der Waals surface area contributed by atoms with Crippen molar-refractivity contribution in [2.45, 2.75) is 6.61 Å². The van der Waals surface area contributed by atoms with Gasteiger partial charge in [0.2, 0.25) is 5.88 Å². The predicted octanol–water partition coefficient (Wildman–Crippen LogP) is 8.49. The fourth-order valence-corrected chi connectivity index (χ4v) is 4.38. The molecule has 5 rings (SSSR count). The minimum Gasteiger partial charge on any atom is -0.497 e. The Morgan fingerprint density at radius 3 is 2.15 bits per heavy atom. The molecule has 6 nitrogen and oxygen atoms in total. The van der Waals surface area contributed by atoms with Gasteiger partial charge in [-0.3, -0.25) is 0 Å². The molecule has 0 saturated heterocycles. The molecule has 1 aromatic heterocycles. The van der Waals surface area contributed by atoms with Crippen molar-refractivity contribution in [1.29, 1.82) is 5.26 Å². The quantitative estimate of drug-likeness (QED) is 0.173. The average Bonchev–Trinajstić information content (AvgIpc) is 3.38. The van der Waals surface area contributed by atoms with Crippen LogP contribution >= 0.6 is 11.6 Å². The van der Waals surface area contributed by atoms with E-state index in [-0.39, 0.29) is 5.88 Å². The standard InChI is InChI=1S/C33H25ClN2O4/c1-37-26-14-10-23(11-15-26)31-29(19-35)33(40-32(31)24-12-16-27(38-2)17-13-24)36-20-22-6-5-8-28(18-22)39-21-25-7-3-4-9-30(25)34/h3-18,20H,21H2,1-2H3/b36-20+. The largest absolute Gasteiger partial charge is 0.497 e. The lowest BCUT2D eigenvalue weighted by atomic mass is 9.98. The first-order valence-electron chi connectivity index (χ1n) is 12.5. The van der Waals surface area contributed by atoms with Crippen LogP contribution in [-0.4, -0.2) is 20.4 Å². The number of benzene rings is 4. The molecule has 0 bridgehead atoms. The molecule has 0 fully saturated rings. The lowest BCUT2D eigenvalue weighted by Gasteiger charge is -2.08. The van der Waals surface area contributed by atoms with Crippen LogP contribution in [0.5, 0.6) is 17.2 Å². The highest BCUT2D eigenvalue weighted by molar-refractivity contribution is 6.31. The fourth-order valence-electron chi connectivity index (χ4n) is 4.19. The van der Waals surface area contributed by atoms with Gasteiger partial charge in [0.25, 0.3) is 0 Å². The van der Waals surface area contributed by atoms with Crippen LogP contribution in [-0.2, 0) is 6.61 Å². The van der Waals surface area contributed by atoms with Gasteiger partial charge in [-0.25, -0.2) is 4.99 Å². The summed E-state index contributed by atoms with van der Waals surface area (Å²) in [5.41, 5.74) is 4.27. The summed E-state index contributed by atoms with van der Waals surface area (Å²) in [6.45, 7) is 0.341. The summed E-state index contributed by atoms with van der Waals surface area (Å²) in [4.78, 5) is 4.58. The Morgan fingerprint density at radius 2 is 1.50 bits per heavy atom. The van der Waals surface area contributed by atoms with Gasteiger partial charge in [-0.2, -0.15) is 5.26 Å². The zero-order chi connectivity index (χ0) is 27.9. The first-order chi connectivity index (χ1) is 19.6. The zero-order valence-corrected chi connectivity index (χ0v) is 22.7. The number of furan rings is 1. The van der Waals surface area contributed by atoms with E-state index in [0.29, 0.717) is 40.0 Å². The van der Waals surface area contributed by atoms with Crippen LogP contribution in [0, 0.1) is 11.3 Å². The number of methoxy groups -OCH3 is 2. The maximum absolute atomic E-state index is 10.2. The molecule has 5 aromatic rings. The van der Waals surface area contributed by atoms with E-state index >= 15 is 0 Å². The number of aliphatic imine (C=N–C) groups is 1. The Morgan fingerprint density at radius 1 is 0.825 bits per heavy atom. The van der Waals surface area contributed by atoms with Crippen LogP contribution < -0.4 is 14.2 Å². The molecule has 0 radical (unpaired) electrons. The third kappa shape index (κ3) is 5.85. The Balaban J connectivity index is 1.49. The minimum atomic E-state index is 0.210. The van der Waals surface area contributed by atoms with Gasteiger partial charge < -0.3 is 18.6 Å². The number of hydrogen-bond donors (Lipinski definition) is 0. The van der Waals surface area contributed by atoms with Crippen molar-refractivity contribution in [2.24, 2.45) is 4.99 Å². The summed E-state index contributed by atoms with van der Waals surface area (Å²) in [6.07, 6.45) is 1.65. The van der Waals surface area contributed by atoms with Gasteiger partial charge in [0.15, 0.2) is 0 Å². The van der Waals surface area contributed by atoms with Gasteiger partial charge in [-0.05, 0) is 65.7 Å². The molecule has 0 aliphatic heterocycles. The summed E-state index contributed by atoms with van der Waals surface area (Å²) in [5, 5.41) is 10.8. The van der Waals surface area contributed by atoms with Gasteiger partial charge in [0.1, 0.15) is 41.2 Å². The summed E-state index contributed by atoms with van der Waals surface area (Å²) in [6, 6.07) is 32.3. The summed E-state index contributed by atoms with van der Waals surface area (Å²) >= 11 is 6.25. The molecule has 0 spiro atoms. The second-order valence-corrected chi connectivity index (χ2v) is 9.17. The molecule has 40 heavy (non-hydrogen) atoms. The van der Waals surface area contributed by atoms with Crippen molar-refractivity contribution in [3.05, 3.63) is 119 Å². The number of nitrogens with zero attached hydrogens (tertiary/aromatic N) is 2. The molecule has 4 aromatic carbocycles. The normalized spacial score (nSPS) is 10.8. The van der Waals surface area contributed by atoms with Crippen molar-refractivity contribution in [3.63, 3.8) is 0 Å². The van der Waals surface area contributed by atoms with Crippen LogP contribution in [0.25, 0.3) is 22.5 Å². The van der Waals surface area contributed by atoms with E-state index in [1.807, 2.05) is 97.1 Å². The molecular weight excluding hydrogens is 524 g/mol. The van der Waals surface area contributed by atoms with Crippen LogP contribution in [0.1, 0.15) is 16.7 Å². The van der Waals surface area contributed by atoms with E-state index in [1.54, 1.807) is 20.4 Å². The van der Waals surface area contributed by atoms with E-state index in [2.05, 4.69) is 11.1 Å². The Bertz CT molecular complexity index is 1680. The van der Waals surface area contributed by atoms with Crippen molar-refractivity contribution >= 4 is 23.7 Å². The molecule has 7 heteroatoms. The molecule has 0 saturated carbocycles. The van der Waals surface area contributed by atoms with Gasteiger partial charge in [0.05, 0.1) is 14.2 Å². The van der Waals surface area contributed by atoms with E-state index in [9.17, 15) is 5.26 Å². The fraction of sp³-hybridized carbons (Fsp3) is 0.0909. The Labute approximate surface area is 237 Å². The van der Waals surface area contributed by atoms with Crippen LogP contribution in [0.3, 0.4) is 0 Å². The van der Waals surface area contributed by atoms with Crippen molar-refractivity contribution in [1.82, 2.24) is 0 Å². The lowest BCUT2D eigenvalue weighted by molar-refractivity contribution is 0.306. The first kappa shape index (κ1) is 26.6. The van der Waals surface area contributed by atoms with E-state index in [4.69, 9.17) is 30.2 Å².